The van der Waals surface area contributed by atoms with Crippen molar-refractivity contribution < 1.29 is 4.42 Å². The summed E-state index contributed by atoms with van der Waals surface area (Å²) in [4.78, 5) is 2.48. The Labute approximate surface area is 298 Å². The van der Waals surface area contributed by atoms with E-state index in [1.54, 1.807) is 0 Å². The van der Waals surface area contributed by atoms with E-state index in [0.29, 0.717) is 0 Å². The lowest BCUT2D eigenvalue weighted by atomic mass is 9.98. The number of fused-ring (bicyclic) bond motifs is 8. The Morgan fingerprint density at radius 2 is 1.10 bits per heavy atom. The van der Waals surface area contributed by atoms with E-state index < -0.39 is 8.07 Å². The quantitative estimate of drug-likeness (QED) is 0.170. The van der Waals surface area contributed by atoms with Crippen molar-refractivity contribution in [2.45, 2.75) is 13.1 Å². The second-order valence-corrected chi connectivity index (χ2v) is 18.4. The number of hydrogen-bond acceptors (Lipinski definition) is 2. The highest BCUT2D eigenvalue weighted by Gasteiger charge is 2.42. The smallest absolute Gasteiger partial charge is 0.136 e. The van der Waals surface area contributed by atoms with E-state index in [2.05, 4.69) is 194 Å². The van der Waals surface area contributed by atoms with E-state index in [-0.39, 0.29) is 0 Å². The van der Waals surface area contributed by atoms with Gasteiger partial charge in [0.05, 0.1) is 0 Å². The Kier molecular flexibility index (Phi) is 6.67. The van der Waals surface area contributed by atoms with Crippen molar-refractivity contribution in [1.82, 2.24) is 0 Å². The number of anilines is 3. The summed E-state index contributed by atoms with van der Waals surface area (Å²) in [5.41, 5.74) is 12.9. The SMILES string of the molecule is C[Si]1(C)c2ccc3oc4ccccc4c3c2-c2cccc(N(c3ccc(-c4ccccc4)cc3)c3ccc(-c4ccc5ccccc5c4)cc3)c21. The van der Waals surface area contributed by atoms with Crippen LogP contribution in [0.4, 0.5) is 17.1 Å². The molecule has 0 bridgehead atoms. The molecule has 1 aliphatic heterocycles. The zero-order chi connectivity index (χ0) is 34.1. The summed E-state index contributed by atoms with van der Waals surface area (Å²) >= 11 is 0. The van der Waals surface area contributed by atoms with Crippen molar-refractivity contribution in [3.63, 3.8) is 0 Å². The Hall–Kier alpha value is -6.16. The minimum Gasteiger partial charge on any atom is -0.456 e. The molecule has 3 heteroatoms. The predicted molar refractivity (Wildman–Crippen MR) is 219 cm³/mol. The summed E-state index contributed by atoms with van der Waals surface area (Å²) in [6, 6.07) is 64.0. The van der Waals surface area contributed by atoms with Crippen molar-refractivity contribution in [3.8, 4) is 33.4 Å². The molecule has 10 rings (SSSR count). The molecule has 0 unspecified atom stereocenters. The van der Waals surface area contributed by atoms with Gasteiger partial charge in [-0.3, -0.25) is 0 Å². The minimum absolute atomic E-state index is 0.941. The van der Waals surface area contributed by atoms with Crippen molar-refractivity contribution in [2.24, 2.45) is 0 Å². The first-order valence-electron chi connectivity index (χ1n) is 17.7. The molecule has 0 aliphatic carbocycles. The van der Waals surface area contributed by atoms with Gasteiger partial charge in [0, 0.05) is 27.8 Å². The second kappa shape index (κ2) is 11.4. The fourth-order valence-electron chi connectivity index (χ4n) is 8.38. The summed E-state index contributed by atoms with van der Waals surface area (Å²) in [5.74, 6) is 0. The Morgan fingerprint density at radius 1 is 0.471 bits per heavy atom. The van der Waals surface area contributed by atoms with Gasteiger partial charge in [-0.15, -0.1) is 0 Å². The number of rotatable bonds is 5. The van der Waals surface area contributed by atoms with Crippen molar-refractivity contribution in [3.05, 3.63) is 176 Å². The zero-order valence-electron chi connectivity index (χ0n) is 28.6. The van der Waals surface area contributed by atoms with Crippen LogP contribution in [-0.4, -0.2) is 8.07 Å². The molecule has 242 valence electrons. The van der Waals surface area contributed by atoms with Crippen LogP contribution in [0.3, 0.4) is 0 Å². The molecule has 0 saturated carbocycles. The minimum atomic E-state index is -2.17. The molecule has 0 radical (unpaired) electrons. The van der Waals surface area contributed by atoms with Gasteiger partial charge in [0.25, 0.3) is 0 Å². The number of hydrogen-bond donors (Lipinski definition) is 0. The average molecular weight is 670 g/mol. The van der Waals surface area contributed by atoms with Gasteiger partial charge in [0.1, 0.15) is 19.2 Å². The average Bonchev–Trinajstić information content (AvgIpc) is 3.68. The molecular weight excluding hydrogens is 635 g/mol. The van der Waals surface area contributed by atoms with Crippen LogP contribution in [0, 0.1) is 0 Å². The fraction of sp³-hybridized carbons (Fsp3) is 0.0417. The lowest BCUT2D eigenvalue weighted by Gasteiger charge is -2.31. The van der Waals surface area contributed by atoms with Crippen molar-refractivity contribution in [1.29, 1.82) is 0 Å². The van der Waals surface area contributed by atoms with Gasteiger partial charge in [0.15, 0.2) is 0 Å². The summed E-state index contributed by atoms with van der Waals surface area (Å²) in [7, 11) is -2.17. The molecule has 0 saturated heterocycles. The van der Waals surface area contributed by atoms with Crippen LogP contribution in [-0.2, 0) is 0 Å². The summed E-state index contributed by atoms with van der Waals surface area (Å²) in [6.07, 6.45) is 0. The predicted octanol–water partition coefficient (Wildman–Crippen LogP) is 12.3. The van der Waals surface area contributed by atoms with Crippen molar-refractivity contribution in [2.75, 3.05) is 4.90 Å². The van der Waals surface area contributed by atoms with Crippen LogP contribution < -0.4 is 15.3 Å². The standard InChI is InChI=1S/C48H35NOSi/c1-51(2)45-30-29-44-46(40-15-8-9-18-43(40)50-44)47(45)41-16-10-17-42(48(41)51)49(38-25-21-34(22-26-38)32-11-4-3-5-12-32)39-27-23-35(24-28-39)37-20-19-33-13-6-7-14-36(33)31-37/h3-31H,1-2H3. The van der Waals surface area contributed by atoms with Crippen LogP contribution in [0.2, 0.25) is 13.1 Å². The van der Waals surface area contributed by atoms with Gasteiger partial charge in [-0.05, 0) is 103 Å². The fourth-order valence-corrected chi connectivity index (χ4v) is 11.7. The first kappa shape index (κ1) is 29.7. The number of para-hydroxylation sites is 1. The number of benzene rings is 8. The molecule has 1 aliphatic rings. The highest BCUT2D eigenvalue weighted by atomic mass is 28.3. The second-order valence-electron chi connectivity index (χ2n) is 14.1. The third-order valence-electron chi connectivity index (χ3n) is 10.8. The molecule has 8 aromatic carbocycles. The molecule has 0 fully saturated rings. The Morgan fingerprint density at radius 3 is 1.86 bits per heavy atom. The van der Waals surface area contributed by atoms with Gasteiger partial charge < -0.3 is 9.32 Å². The lowest BCUT2D eigenvalue weighted by Crippen LogP contribution is -2.50. The number of nitrogens with zero attached hydrogens (tertiary/aromatic N) is 1. The maximum absolute atomic E-state index is 6.40. The molecule has 0 N–H and O–H groups in total. The number of furan rings is 1. The third-order valence-corrected chi connectivity index (χ3v) is 14.4. The highest BCUT2D eigenvalue weighted by Crippen LogP contribution is 2.44. The molecule has 51 heavy (non-hydrogen) atoms. The zero-order valence-corrected chi connectivity index (χ0v) is 29.6. The van der Waals surface area contributed by atoms with Crippen LogP contribution >= 0.6 is 0 Å². The molecule has 0 spiro atoms. The molecular formula is C48H35NOSi. The largest absolute Gasteiger partial charge is 0.456 e. The summed E-state index contributed by atoms with van der Waals surface area (Å²) in [6.45, 7) is 5.02. The monoisotopic (exact) mass is 669 g/mol. The summed E-state index contributed by atoms with van der Waals surface area (Å²) < 4.78 is 6.40. The topological polar surface area (TPSA) is 16.4 Å². The van der Waals surface area contributed by atoms with Crippen LogP contribution in [0.25, 0.3) is 66.1 Å². The molecule has 1 aromatic heterocycles. The first-order chi connectivity index (χ1) is 25.0. The van der Waals surface area contributed by atoms with Gasteiger partial charge >= 0.3 is 0 Å². The van der Waals surface area contributed by atoms with E-state index in [1.165, 1.54) is 71.0 Å². The normalized spacial score (nSPS) is 13.1. The van der Waals surface area contributed by atoms with E-state index in [4.69, 9.17) is 4.42 Å². The van der Waals surface area contributed by atoms with E-state index >= 15 is 0 Å². The Bertz CT molecular complexity index is 2760. The van der Waals surface area contributed by atoms with Crippen LogP contribution in [0.1, 0.15) is 0 Å². The first-order valence-corrected chi connectivity index (χ1v) is 20.7. The lowest BCUT2D eigenvalue weighted by molar-refractivity contribution is 0.669. The molecule has 0 atom stereocenters. The van der Waals surface area contributed by atoms with Crippen LogP contribution in [0.5, 0.6) is 0 Å². The third kappa shape index (κ3) is 4.70. The van der Waals surface area contributed by atoms with Gasteiger partial charge in [0.2, 0.25) is 0 Å². The maximum atomic E-state index is 6.40. The van der Waals surface area contributed by atoms with E-state index in [1.807, 2.05) is 0 Å². The Balaban J connectivity index is 1.16. The van der Waals surface area contributed by atoms with Crippen molar-refractivity contribution >= 4 is 68.2 Å². The van der Waals surface area contributed by atoms with Gasteiger partial charge in [-0.25, -0.2) is 0 Å². The maximum Gasteiger partial charge on any atom is 0.136 e. The van der Waals surface area contributed by atoms with E-state index in [0.717, 1.165) is 22.5 Å². The molecule has 2 nitrogen and oxygen atoms in total. The summed E-state index contributed by atoms with van der Waals surface area (Å²) in [5, 5.41) is 7.86. The van der Waals surface area contributed by atoms with E-state index in [9.17, 15) is 0 Å². The van der Waals surface area contributed by atoms with Crippen LogP contribution in [0.15, 0.2) is 180 Å². The highest BCUT2D eigenvalue weighted by molar-refractivity contribution is 7.05. The van der Waals surface area contributed by atoms with Gasteiger partial charge in [-0.2, -0.15) is 0 Å². The molecule has 0 amide bonds. The molecule has 9 aromatic rings. The molecule has 2 heterocycles. The van der Waals surface area contributed by atoms with Gasteiger partial charge in [-0.1, -0.05) is 140 Å².